The molecule has 3 atom stereocenters. The monoisotopic (exact) mass is 580 g/mol. The fraction of sp³-hybridized carbons (Fsp3) is 0.861. The molecule has 0 aliphatic rings. The fourth-order valence-electron chi connectivity index (χ4n) is 5.18. The summed E-state index contributed by atoms with van der Waals surface area (Å²) < 4.78 is 0. The number of unbranched alkanes of at least 4 members (excludes halogenated alkanes) is 21. The van der Waals surface area contributed by atoms with E-state index in [4.69, 9.17) is 0 Å². The molecule has 5 nitrogen and oxygen atoms in total. The lowest BCUT2D eigenvalue weighted by Gasteiger charge is -2.21. The molecule has 0 bridgehead atoms. The molecular weight excluding hydrogens is 510 g/mol. The van der Waals surface area contributed by atoms with Gasteiger partial charge in [0.2, 0.25) is 5.91 Å². The Morgan fingerprint density at radius 1 is 0.585 bits per heavy atom. The van der Waals surface area contributed by atoms with Gasteiger partial charge in [-0.1, -0.05) is 154 Å². The van der Waals surface area contributed by atoms with Gasteiger partial charge in [-0.05, 0) is 44.9 Å². The van der Waals surface area contributed by atoms with Crippen LogP contribution in [-0.2, 0) is 4.79 Å². The highest BCUT2D eigenvalue weighted by molar-refractivity contribution is 5.80. The zero-order valence-corrected chi connectivity index (χ0v) is 27.2. The average molecular weight is 580 g/mol. The summed E-state index contributed by atoms with van der Waals surface area (Å²) in [5, 5.41) is 32.9. The van der Waals surface area contributed by atoms with E-state index in [1.165, 1.54) is 109 Å². The van der Waals surface area contributed by atoms with E-state index in [1.54, 1.807) is 6.08 Å². The van der Waals surface area contributed by atoms with Crippen molar-refractivity contribution in [1.82, 2.24) is 5.32 Å². The van der Waals surface area contributed by atoms with Crippen molar-refractivity contribution in [2.24, 2.45) is 0 Å². The van der Waals surface area contributed by atoms with Crippen LogP contribution in [0.4, 0.5) is 0 Å². The van der Waals surface area contributed by atoms with E-state index in [-0.39, 0.29) is 6.61 Å². The molecule has 0 rings (SSSR count). The van der Waals surface area contributed by atoms with Crippen molar-refractivity contribution in [2.75, 3.05) is 6.61 Å². The van der Waals surface area contributed by atoms with Crippen LogP contribution >= 0.6 is 0 Å². The molecule has 0 saturated carbocycles. The fourth-order valence-corrected chi connectivity index (χ4v) is 5.18. The molecular formula is C36H69NO4. The largest absolute Gasteiger partial charge is 0.394 e. The summed E-state index contributed by atoms with van der Waals surface area (Å²) >= 11 is 0. The van der Waals surface area contributed by atoms with E-state index in [9.17, 15) is 20.1 Å². The number of aliphatic hydroxyl groups excluding tert-OH is 3. The van der Waals surface area contributed by atoms with Gasteiger partial charge in [-0.3, -0.25) is 4.79 Å². The van der Waals surface area contributed by atoms with Crippen molar-refractivity contribution in [1.29, 1.82) is 0 Å². The Bertz CT molecular complexity index is 606. The predicted molar refractivity (Wildman–Crippen MR) is 176 cm³/mol. The van der Waals surface area contributed by atoms with Gasteiger partial charge in [0, 0.05) is 0 Å². The Balaban J connectivity index is 3.80. The van der Waals surface area contributed by atoms with Crippen molar-refractivity contribution >= 4 is 5.91 Å². The van der Waals surface area contributed by atoms with E-state index < -0.39 is 24.2 Å². The molecule has 1 amide bonds. The first kappa shape index (κ1) is 39.8. The third kappa shape index (κ3) is 27.4. The van der Waals surface area contributed by atoms with Crippen LogP contribution in [0.3, 0.4) is 0 Å². The molecule has 0 aromatic carbocycles. The maximum absolute atomic E-state index is 12.4. The summed E-state index contributed by atoms with van der Waals surface area (Å²) in [6.45, 7) is 4.14. The Hall–Kier alpha value is -1.17. The van der Waals surface area contributed by atoms with Gasteiger partial charge >= 0.3 is 0 Å². The molecule has 0 aliphatic carbocycles. The lowest BCUT2D eigenvalue weighted by atomic mass is 10.0. The Morgan fingerprint density at radius 2 is 0.976 bits per heavy atom. The topological polar surface area (TPSA) is 89.8 Å². The number of allylic oxidation sites excluding steroid dienone is 3. The summed E-state index contributed by atoms with van der Waals surface area (Å²) in [5.41, 5.74) is 0. The summed E-state index contributed by atoms with van der Waals surface area (Å²) in [6, 6.07) is -0.797. The SMILES string of the molecule is CCCCCCCCC=CCCCCCCC(O)C(=O)NC(CO)C(O)C=CCCCCCCCCCCCCC. The number of carbonyl (C=O) groups is 1. The van der Waals surface area contributed by atoms with Gasteiger partial charge in [-0.25, -0.2) is 0 Å². The molecule has 41 heavy (non-hydrogen) atoms. The smallest absolute Gasteiger partial charge is 0.249 e. The number of hydrogen-bond acceptors (Lipinski definition) is 4. The minimum Gasteiger partial charge on any atom is -0.394 e. The summed E-state index contributed by atoms with van der Waals surface area (Å²) in [6.07, 6.45) is 36.1. The van der Waals surface area contributed by atoms with Crippen LogP contribution in [0.1, 0.15) is 174 Å². The Morgan fingerprint density at radius 3 is 1.41 bits per heavy atom. The number of amides is 1. The first-order valence-electron chi connectivity index (χ1n) is 17.7. The standard InChI is InChI=1S/C36H69NO4/c1-3-5-7-9-11-13-15-17-19-21-23-25-27-29-31-35(40)36(41)37-33(32-38)34(39)30-28-26-24-22-20-18-16-14-12-10-8-6-4-2/h17,19,28,30,33-35,38-40H,3-16,18,20-27,29,31-32H2,1-2H3,(H,37,41). The molecule has 3 unspecified atom stereocenters. The normalized spacial score (nSPS) is 14.2. The number of hydrogen-bond donors (Lipinski definition) is 4. The summed E-state index contributed by atoms with van der Waals surface area (Å²) in [4.78, 5) is 12.4. The number of carbonyl (C=O) groups excluding carboxylic acids is 1. The summed E-state index contributed by atoms with van der Waals surface area (Å²) in [5.74, 6) is -0.514. The van der Waals surface area contributed by atoms with Crippen molar-refractivity contribution in [3.05, 3.63) is 24.3 Å². The van der Waals surface area contributed by atoms with E-state index in [2.05, 4.69) is 31.3 Å². The second-order valence-electron chi connectivity index (χ2n) is 12.1. The maximum atomic E-state index is 12.4. The number of rotatable bonds is 31. The van der Waals surface area contributed by atoms with Gasteiger partial charge in [0.05, 0.1) is 18.8 Å². The number of nitrogens with one attached hydrogen (secondary N) is 1. The van der Waals surface area contributed by atoms with Gasteiger partial charge in [-0.2, -0.15) is 0 Å². The minimum atomic E-state index is -1.10. The van der Waals surface area contributed by atoms with Crippen molar-refractivity contribution < 1.29 is 20.1 Å². The molecule has 0 heterocycles. The van der Waals surface area contributed by atoms with Gasteiger partial charge in [0.25, 0.3) is 0 Å². The number of aliphatic hydroxyl groups is 3. The highest BCUT2D eigenvalue weighted by atomic mass is 16.3. The lowest BCUT2D eigenvalue weighted by Crippen LogP contribution is -2.48. The van der Waals surface area contributed by atoms with Crippen LogP contribution in [0, 0.1) is 0 Å². The van der Waals surface area contributed by atoms with E-state index >= 15 is 0 Å². The van der Waals surface area contributed by atoms with E-state index in [0.29, 0.717) is 6.42 Å². The zero-order chi connectivity index (χ0) is 30.2. The lowest BCUT2D eigenvalue weighted by molar-refractivity contribution is -0.131. The molecule has 4 N–H and O–H groups in total. The van der Waals surface area contributed by atoms with Crippen molar-refractivity contribution in [2.45, 2.75) is 193 Å². The second kappa shape index (κ2) is 31.8. The molecule has 0 fully saturated rings. The molecule has 242 valence electrons. The van der Waals surface area contributed by atoms with Crippen LogP contribution in [0.15, 0.2) is 24.3 Å². The third-order valence-electron chi connectivity index (χ3n) is 8.04. The van der Waals surface area contributed by atoms with Crippen molar-refractivity contribution in [3.63, 3.8) is 0 Å². The van der Waals surface area contributed by atoms with E-state index in [1.807, 2.05) is 6.08 Å². The van der Waals surface area contributed by atoms with Gasteiger partial charge in [0.1, 0.15) is 6.10 Å². The Kier molecular flexibility index (Phi) is 30.9. The molecule has 0 radical (unpaired) electrons. The first-order valence-corrected chi connectivity index (χ1v) is 17.7. The molecule has 0 spiro atoms. The molecule has 0 aliphatic heterocycles. The van der Waals surface area contributed by atoms with Crippen molar-refractivity contribution in [3.8, 4) is 0 Å². The van der Waals surface area contributed by atoms with Crippen LogP contribution < -0.4 is 5.32 Å². The molecule has 0 saturated heterocycles. The highest BCUT2D eigenvalue weighted by Gasteiger charge is 2.22. The molecule has 0 aromatic heterocycles. The van der Waals surface area contributed by atoms with Crippen LogP contribution in [0.2, 0.25) is 0 Å². The second-order valence-corrected chi connectivity index (χ2v) is 12.1. The average Bonchev–Trinajstić information content (AvgIpc) is 2.98. The summed E-state index contributed by atoms with van der Waals surface area (Å²) in [7, 11) is 0. The van der Waals surface area contributed by atoms with E-state index in [0.717, 1.165) is 44.9 Å². The Labute approximate surface area is 254 Å². The first-order chi connectivity index (χ1) is 20.1. The predicted octanol–water partition coefficient (Wildman–Crippen LogP) is 9.09. The minimum absolute atomic E-state index is 0.366. The zero-order valence-electron chi connectivity index (χ0n) is 27.2. The van der Waals surface area contributed by atoms with Gasteiger partial charge in [-0.15, -0.1) is 0 Å². The maximum Gasteiger partial charge on any atom is 0.249 e. The quantitative estimate of drug-likeness (QED) is 0.0487. The van der Waals surface area contributed by atoms with Gasteiger partial charge in [0.15, 0.2) is 0 Å². The van der Waals surface area contributed by atoms with Crippen LogP contribution in [0.25, 0.3) is 0 Å². The highest BCUT2D eigenvalue weighted by Crippen LogP contribution is 2.13. The molecule has 5 heteroatoms. The van der Waals surface area contributed by atoms with Crippen LogP contribution in [-0.4, -0.2) is 46.1 Å². The van der Waals surface area contributed by atoms with Gasteiger partial charge < -0.3 is 20.6 Å². The van der Waals surface area contributed by atoms with Crippen LogP contribution in [0.5, 0.6) is 0 Å². The third-order valence-corrected chi connectivity index (χ3v) is 8.04. The molecule has 0 aromatic rings.